The van der Waals surface area contributed by atoms with Gasteiger partial charge in [0.05, 0.1) is 16.6 Å². The van der Waals surface area contributed by atoms with E-state index in [1.165, 1.54) is 6.33 Å². The summed E-state index contributed by atoms with van der Waals surface area (Å²) in [5.74, 6) is 0.174. The molecule has 116 valence electrons. The van der Waals surface area contributed by atoms with Crippen molar-refractivity contribution in [1.82, 2.24) is 20.1 Å². The van der Waals surface area contributed by atoms with Gasteiger partial charge < -0.3 is 5.32 Å². The van der Waals surface area contributed by atoms with Crippen molar-refractivity contribution in [3.63, 3.8) is 0 Å². The monoisotopic (exact) mass is 338 g/mol. The number of amides is 1. The fraction of sp³-hybridized carbons (Fsp3) is 0.400. The summed E-state index contributed by atoms with van der Waals surface area (Å²) >= 11 is 12.2. The first-order valence-electron chi connectivity index (χ1n) is 7.13. The predicted octanol–water partition coefficient (Wildman–Crippen LogP) is 2.89. The number of carbonyl (C=O) groups is 1. The number of aromatic nitrogens is 3. The van der Waals surface area contributed by atoms with E-state index in [2.05, 4.69) is 15.4 Å². The Hall–Kier alpha value is -1.59. The molecule has 1 aromatic carbocycles. The van der Waals surface area contributed by atoms with Gasteiger partial charge in [0.2, 0.25) is 5.91 Å². The summed E-state index contributed by atoms with van der Waals surface area (Å²) < 4.78 is 1.70. The number of carbonyl (C=O) groups excluding carboxylic acids is 1. The molecule has 0 bridgehead atoms. The first-order valence-corrected chi connectivity index (χ1v) is 7.88. The maximum Gasteiger partial charge on any atom is 0.224 e. The van der Waals surface area contributed by atoms with Crippen LogP contribution in [0.25, 0.3) is 0 Å². The highest BCUT2D eigenvalue weighted by molar-refractivity contribution is 6.42. The van der Waals surface area contributed by atoms with Crippen molar-refractivity contribution >= 4 is 29.1 Å². The van der Waals surface area contributed by atoms with Crippen LogP contribution in [-0.4, -0.2) is 26.7 Å². The van der Waals surface area contributed by atoms with Crippen molar-refractivity contribution in [1.29, 1.82) is 0 Å². The molecule has 1 aliphatic rings. The Morgan fingerprint density at radius 1 is 1.50 bits per heavy atom. The summed E-state index contributed by atoms with van der Waals surface area (Å²) in [7, 11) is 0. The Morgan fingerprint density at radius 3 is 3.05 bits per heavy atom. The van der Waals surface area contributed by atoms with Crippen LogP contribution in [0, 0.1) is 5.92 Å². The van der Waals surface area contributed by atoms with Gasteiger partial charge in [0.1, 0.15) is 12.7 Å². The minimum atomic E-state index is -0.0332. The van der Waals surface area contributed by atoms with E-state index in [0.717, 1.165) is 12.0 Å². The minimum Gasteiger partial charge on any atom is -0.352 e. The van der Waals surface area contributed by atoms with Gasteiger partial charge in [-0.15, -0.1) is 0 Å². The highest BCUT2D eigenvalue weighted by Gasteiger charge is 2.45. The lowest BCUT2D eigenvalue weighted by molar-refractivity contribution is -0.123. The lowest BCUT2D eigenvalue weighted by atomic mass is 10.1. The van der Waals surface area contributed by atoms with Crippen molar-refractivity contribution in [2.75, 3.05) is 0 Å². The van der Waals surface area contributed by atoms with Crippen LogP contribution in [0.1, 0.15) is 24.8 Å². The Kier molecular flexibility index (Phi) is 4.36. The number of nitrogens with zero attached hydrogens (tertiary/aromatic N) is 3. The molecule has 0 aliphatic heterocycles. The quantitative estimate of drug-likeness (QED) is 0.911. The highest BCUT2D eigenvalue weighted by atomic mass is 35.5. The zero-order valence-corrected chi connectivity index (χ0v) is 13.6. The van der Waals surface area contributed by atoms with Gasteiger partial charge in [-0.05, 0) is 30.9 Å². The standard InChI is InChI=1S/C15H16Cl2N4O/c1-9(6-21-8-18-7-19-21)20-15(22)12-5-11(12)10-3-2-4-13(16)14(10)17/h2-4,7-9,11-12H,5-6H2,1H3,(H,20,22). The fourth-order valence-electron chi connectivity index (χ4n) is 2.64. The first kappa shape index (κ1) is 15.3. The Balaban J connectivity index is 1.57. The number of hydrogen-bond donors (Lipinski definition) is 1. The van der Waals surface area contributed by atoms with Crippen molar-refractivity contribution in [3.8, 4) is 0 Å². The van der Waals surface area contributed by atoms with Crippen LogP contribution in [0.3, 0.4) is 0 Å². The van der Waals surface area contributed by atoms with Gasteiger partial charge >= 0.3 is 0 Å². The van der Waals surface area contributed by atoms with E-state index in [4.69, 9.17) is 23.2 Å². The second-order valence-electron chi connectivity index (χ2n) is 5.62. The lowest BCUT2D eigenvalue weighted by Crippen LogP contribution is -2.37. The summed E-state index contributed by atoms with van der Waals surface area (Å²) in [5, 5.41) is 8.13. The van der Waals surface area contributed by atoms with Crippen LogP contribution in [0.4, 0.5) is 0 Å². The summed E-state index contributed by atoms with van der Waals surface area (Å²) in [6.07, 6.45) is 3.92. The van der Waals surface area contributed by atoms with Crippen LogP contribution in [0.5, 0.6) is 0 Å². The van der Waals surface area contributed by atoms with E-state index >= 15 is 0 Å². The summed E-state index contributed by atoms with van der Waals surface area (Å²) in [6.45, 7) is 2.55. The predicted molar refractivity (Wildman–Crippen MR) is 84.9 cm³/mol. The second-order valence-corrected chi connectivity index (χ2v) is 6.40. The van der Waals surface area contributed by atoms with Crippen LogP contribution >= 0.6 is 23.2 Å². The lowest BCUT2D eigenvalue weighted by Gasteiger charge is -2.13. The largest absolute Gasteiger partial charge is 0.352 e. The van der Waals surface area contributed by atoms with Crippen molar-refractivity contribution in [2.24, 2.45) is 5.92 Å². The third kappa shape index (κ3) is 3.25. The molecule has 3 atom stereocenters. The highest BCUT2D eigenvalue weighted by Crippen LogP contribution is 2.50. The third-order valence-corrected chi connectivity index (χ3v) is 4.66. The van der Waals surface area contributed by atoms with Gasteiger partial charge in [-0.1, -0.05) is 35.3 Å². The molecule has 2 aromatic rings. The first-order chi connectivity index (χ1) is 10.6. The molecule has 1 fully saturated rings. The molecule has 1 heterocycles. The summed E-state index contributed by atoms with van der Waals surface area (Å²) in [6, 6.07) is 5.55. The van der Waals surface area contributed by atoms with Crippen molar-refractivity contribution in [3.05, 3.63) is 46.5 Å². The molecule has 1 aromatic heterocycles. The molecule has 3 unspecified atom stereocenters. The third-order valence-electron chi connectivity index (χ3n) is 3.82. The average Bonchev–Trinajstić information content (AvgIpc) is 3.11. The zero-order valence-electron chi connectivity index (χ0n) is 12.0. The fourth-order valence-corrected chi connectivity index (χ4v) is 3.09. The molecule has 5 nitrogen and oxygen atoms in total. The smallest absolute Gasteiger partial charge is 0.224 e. The molecule has 1 amide bonds. The zero-order chi connectivity index (χ0) is 15.7. The van der Waals surface area contributed by atoms with Crippen molar-refractivity contribution in [2.45, 2.75) is 31.8 Å². The molecule has 0 saturated heterocycles. The van der Waals surface area contributed by atoms with Gasteiger partial charge in [-0.2, -0.15) is 5.10 Å². The van der Waals surface area contributed by atoms with Gasteiger partial charge in [0.15, 0.2) is 0 Å². The summed E-state index contributed by atoms with van der Waals surface area (Å²) in [5.41, 5.74) is 0.957. The minimum absolute atomic E-state index is 0.00900. The molecule has 22 heavy (non-hydrogen) atoms. The molecule has 0 radical (unpaired) electrons. The molecule has 7 heteroatoms. The average molecular weight is 339 g/mol. The number of rotatable bonds is 5. The topological polar surface area (TPSA) is 59.8 Å². The van der Waals surface area contributed by atoms with E-state index in [1.807, 2.05) is 19.1 Å². The normalized spacial score (nSPS) is 21.4. The van der Waals surface area contributed by atoms with Gasteiger partial charge in [-0.25, -0.2) is 4.98 Å². The number of halogens is 2. The number of benzene rings is 1. The molecular formula is C15H16Cl2N4O. The maximum atomic E-state index is 12.3. The van der Waals surface area contributed by atoms with Gasteiger partial charge in [0.25, 0.3) is 0 Å². The van der Waals surface area contributed by atoms with Crippen LogP contribution in [-0.2, 0) is 11.3 Å². The van der Waals surface area contributed by atoms with Gasteiger partial charge in [0, 0.05) is 12.0 Å². The number of hydrogen-bond acceptors (Lipinski definition) is 3. The van der Waals surface area contributed by atoms with Crippen molar-refractivity contribution < 1.29 is 4.79 Å². The van der Waals surface area contributed by atoms with Crippen LogP contribution in [0.15, 0.2) is 30.9 Å². The molecule has 1 aliphatic carbocycles. The molecule has 3 rings (SSSR count). The van der Waals surface area contributed by atoms with E-state index in [-0.39, 0.29) is 23.8 Å². The second kappa shape index (κ2) is 6.26. The Labute approximate surface area is 138 Å². The van der Waals surface area contributed by atoms with Gasteiger partial charge in [-0.3, -0.25) is 9.48 Å². The van der Waals surface area contributed by atoms with E-state index in [1.54, 1.807) is 17.1 Å². The maximum absolute atomic E-state index is 12.3. The summed E-state index contributed by atoms with van der Waals surface area (Å²) in [4.78, 5) is 16.2. The van der Waals surface area contributed by atoms with E-state index in [0.29, 0.717) is 16.6 Å². The van der Waals surface area contributed by atoms with Crippen LogP contribution in [0.2, 0.25) is 10.0 Å². The van der Waals surface area contributed by atoms with Crippen LogP contribution < -0.4 is 5.32 Å². The van der Waals surface area contributed by atoms with E-state index in [9.17, 15) is 4.79 Å². The molecule has 1 N–H and O–H groups in total. The molecule has 1 saturated carbocycles. The number of nitrogens with one attached hydrogen (secondary N) is 1. The molecule has 0 spiro atoms. The molecular weight excluding hydrogens is 323 g/mol. The van der Waals surface area contributed by atoms with E-state index < -0.39 is 0 Å². The SMILES string of the molecule is CC(Cn1cncn1)NC(=O)C1CC1c1cccc(Cl)c1Cl. The Morgan fingerprint density at radius 2 is 2.32 bits per heavy atom. The Bertz CT molecular complexity index is 674.